The Balaban J connectivity index is 1.77. The van der Waals surface area contributed by atoms with Gasteiger partial charge in [-0.15, -0.1) is 0 Å². The van der Waals surface area contributed by atoms with E-state index in [1.807, 2.05) is 48.0 Å². The number of methoxy groups -OCH3 is 2. The van der Waals surface area contributed by atoms with Gasteiger partial charge in [0, 0.05) is 34.9 Å². The van der Waals surface area contributed by atoms with Gasteiger partial charge in [-0.1, -0.05) is 37.3 Å². The fourth-order valence-corrected chi connectivity index (χ4v) is 4.96. The number of hydrogen-bond donors (Lipinski definition) is 1. The zero-order valence-corrected chi connectivity index (χ0v) is 18.8. The number of ether oxygens (including phenoxy) is 2. The number of benzene rings is 2. The lowest BCUT2D eigenvalue weighted by molar-refractivity contribution is -0.117. The van der Waals surface area contributed by atoms with Crippen LogP contribution >= 0.6 is 0 Å². The number of anilines is 1. The number of carbonyl (C=O) groups is 1. The van der Waals surface area contributed by atoms with Gasteiger partial charge in [-0.25, -0.2) is 4.68 Å². The van der Waals surface area contributed by atoms with Gasteiger partial charge in [0.2, 0.25) is 0 Å². The molecule has 1 aliphatic heterocycles. The van der Waals surface area contributed by atoms with E-state index < -0.39 is 0 Å². The van der Waals surface area contributed by atoms with Gasteiger partial charge in [-0.3, -0.25) is 4.79 Å². The number of fused-ring (bicyclic) bond motifs is 1. The van der Waals surface area contributed by atoms with Gasteiger partial charge in [-0.05, 0) is 37.0 Å². The summed E-state index contributed by atoms with van der Waals surface area (Å²) in [7, 11) is 3.27. The third kappa shape index (κ3) is 3.18. The molecule has 2 atom stereocenters. The lowest BCUT2D eigenvalue weighted by Crippen LogP contribution is -2.33. The van der Waals surface area contributed by atoms with Crippen molar-refractivity contribution in [2.45, 2.75) is 32.7 Å². The molecule has 32 heavy (non-hydrogen) atoms. The van der Waals surface area contributed by atoms with Gasteiger partial charge < -0.3 is 14.8 Å². The summed E-state index contributed by atoms with van der Waals surface area (Å²) in [4.78, 5) is 13.3. The van der Waals surface area contributed by atoms with E-state index >= 15 is 0 Å². The number of aryl methyl sites for hydroxylation is 1. The number of nitrogens with one attached hydrogen (secondary N) is 1. The maximum absolute atomic E-state index is 13.3. The van der Waals surface area contributed by atoms with Crippen LogP contribution in [-0.4, -0.2) is 29.8 Å². The second-order valence-corrected chi connectivity index (χ2v) is 8.58. The molecule has 164 valence electrons. The van der Waals surface area contributed by atoms with Gasteiger partial charge in [0.05, 0.1) is 19.9 Å². The Hall–Kier alpha value is -3.54. The standard InChI is InChI=1S/C26H27N3O3/c1-15-12-20-24(21(30)13-15)25(19-11-10-18(31-3)14-22(19)32-4)29-26(27-20)23(16(2)28-29)17-8-6-5-7-9-17/h5-11,14-15,25,27H,12-13H2,1-4H3. The van der Waals surface area contributed by atoms with E-state index in [9.17, 15) is 4.79 Å². The van der Waals surface area contributed by atoms with Crippen molar-refractivity contribution in [2.75, 3.05) is 19.5 Å². The molecule has 2 heterocycles. The largest absolute Gasteiger partial charge is 0.497 e. The predicted molar refractivity (Wildman–Crippen MR) is 124 cm³/mol. The molecular formula is C26H27N3O3. The van der Waals surface area contributed by atoms with E-state index in [0.29, 0.717) is 23.8 Å². The van der Waals surface area contributed by atoms with Crippen molar-refractivity contribution in [3.05, 3.63) is 71.1 Å². The molecule has 5 rings (SSSR count). The summed E-state index contributed by atoms with van der Waals surface area (Å²) in [5, 5.41) is 8.53. The van der Waals surface area contributed by atoms with E-state index in [2.05, 4.69) is 24.4 Å². The van der Waals surface area contributed by atoms with E-state index in [1.54, 1.807) is 14.2 Å². The van der Waals surface area contributed by atoms with Crippen molar-refractivity contribution < 1.29 is 14.3 Å². The van der Waals surface area contributed by atoms with Crippen LogP contribution in [0.5, 0.6) is 11.5 Å². The first-order valence-corrected chi connectivity index (χ1v) is 10.9. The van der Waals surface area contributed by atoms with Crippen LogP contribution in [0.1, 0.15) is 37.1 Å². The molecule has 2 aliphatic rings. The van der Waals surface area contributed by atoms with Gasteiger partial charge in [0.15, 0.2) is 5.78 Å². The van der Waals surface area contributed by atoms with E-state index in [4.69, 9.17) is 14.6 Å². The summed E-state index contributed by atoms with van der Waals surface area (Å²) < 4.78 is 13.1. The molecule has 0 bridgehead atoms. The zero-order chi connectivity index (χ0) is 22.4. The Morgan fingerprint density at radius 3 is 2.56 bits per heavy atom. The Labute approximate surface area is 187 Å². The third-order valence-corrected chi connectivity index (χ3v) is 6.38. The summed E-state index contributed by atoms with van der Waals surface area (Å²) in [5.74, 6) is 2.75. The molecule has 0 radical (unpaired) electrons. The van der Waals surface area contributed by atoms with Crippen molar-refractivity contribution in [3.63, 3.8) is 0 Å². The number of allylic oxidation sites excluding steroid dienone is 2. The molecule has 0 amide bonds. The van der Waals surface area contributed by atoms with Crippen molar-refractivity contribution in [2.24, 2.45) is 5.92 Å². The van der Waals surface area contributed by atoms with Crippen LogP contribution in [-0.2, 0) is 4.79 Å². The maximum Gasteiger partial charge on any atom is 0.163 e. The molecule has 2 unspecified atom stereocenters. The number of rotatable bonds is 4. The first kappa shape index (κ1) is 20.4. The fourth-order valence-electron chi connectivity index (χ4n) is 4.96. The minimum Gasteiger partial charge on any atom is -0.497 e. The second kappa shape index (κ2) is 7.86. The topological polar surface area (TPSA) is 65.4 Å². The minimum atomic E-state index is -0.363. The zero-order valence-electron chi connectivity index (χ0n) is 18.8. The Morgan fingerprint density at radius 2 is 1.84 bits per heavy atom. The predicted octanol–water partition coefficient (Wildman–Crippen LogP) is 5.14. The molecular weight excluding hydrogens is 402 g/mol. The van der Waals surface area contributed by atoms with Crippen LogP contribution < -0.4 is 14.8 Å². The summed E-state index contributed by atoms with van der Waals surface area (Å²) >= 11 is 0. The average Bonchev–Trinajstić information content (AvgIpc) is 3.13. The van der Waals surface area contributed by atoms with Crippen LogP contribution in [0.25, 0.3) is 11.1 Å². The molecule has 1 aromatic heterocycles. The quantitative estimate of drug-likeness (QED) is 0.622. The molecule has 0 saturated heterocycles. The van der Waals surface area contributed by atoms with Crippen LogP contribution in [0, 0.1) is 12.8 Å². The molecule has 0 fully saturated rings. The van der Waals surface area contributed by atoms with E-state index in [-0.39, 0.29) is 11.8 Å². The highest BCUT2D eigenvalue weighted by Crippen LogP contribution is 2.47. The molecule has 2 aromatic carbocycles. The highest BCUT2D eigenvalue weighted by Gasteiger charge is 2.40. The first-order valence-electron chi connectivity index (χ1n) is 10.9. The monoisotopic (exact) mass is 429 g/mol. The average molecular weight is 430 g/mol. The van der Waals surface area contributed by atoms with Gasteiger partial charge >= 0.3 is 0 Å². The number of aromatic nitrogens is 2. The van der Waals surface area contributed by atoms with Crippen molar-refractivity contribution in [1.82, 2.24) is 9.78 Å². The number of Topliss-reactive ketones (excluding diaryl/α,β-unsaturated/α-hetero) is 1. The van der Waals surface area contributed by atoms with Crippen molar-refractivity contribution in [3.8, 4) is 22.6 Å². The number of carbonyl (C=O) groups excluding carboxylic acids is 1. The Bertz CT molecular complexity index is 1230. The maximum atomic E-state index is 13.3. The molecule has 1 aliphatic carbocycles. The van der Waals surface area contributed by atoms with Crippen molar-refractivity contribution >= 4 is 11.6 Å². The van der Waals surface area contributed by atoms with Crippen LogP contribution in [0.2, 0.25) is 0 Å². The van der Waals surface area contributed by atoms with Crippen LogP contribution in [0.3, 0.4) is 0 Å². The first-order chi connectivity index (χ1) is 15.5. The smallest absolute Gasteiger partial charge is 0.163 e. The van der Waals surface area contributed by atoms with Crippen LogP contribution in [0.4, 0.5) is 5.82 Å². The molecule has 6 heteroatoms. The molecule has 1 N–H and O–H groups in total. The highest BCUT2D eigenvalue weighted by molar-refractivity contribution is 6.00. The van der Waals surface area contributed by atoms with E-state index in [0.717, 1.165) is 45.9 Å². The van der Waals surface area contributed by atoms with Gasteiger partial charge in [0.25, 0.3) is 0 Å². The highest BCUT2D eigenvalue weighted by atomic mass is 16.5. The Kier molecular flexibility index (Phi) is 5.00. The SMILES string of the molecule is COc1ccc(C2C3=C(CC(C)CC3=O)Nc3c(-c4ccccc4)c(C)nn32)c(OC)c1. The molecule has 0 spiro atoms. The Morgan fingerprint density at radius 1 is 1.06 bits per heavy atom. The summed E-state index contributed by atoms with van der Waals surface area (Å²) in [6.07, 6.45) is 1.37. The van der Waals surface area contributed by atoms with Gasteiger partial charge in [0.1, 0.15) is 23.4 Å². The van der Waals surface area contributed by atoms with Crippen molar-refractivity contribution in [1.29, 1.82) is 0 Å². The van der Waals surface area contributed by atoms with E-state index in [1.165, 1.54) is 0 Å². The molecule has 3 aromatic rings. The minimum absolute atomic E-state index is 0.161. The third-order valence-electron chi connectivity index (χ3n) is 6.38. The van der Waals surface area contributed by atoms with Crippen LogP contribution in [0.15, 0.2) is 59.8 Å². The number of ketones is 1. The molecule has 6 nitrogen and oxygen atoms in total. The lowest BCUT2D eigenvalue weighted by atomic mass is 9.81. The molecule has 0 saturated carbocycles. The lowest BCUT2D eigenvalue weighted by Gasteiger charge is -2.35. The number of hydrogen-bond acceptors (Lipinski definition) is 5. The normalized spacial score (nSPS) is 19.8. The number of nitrogens with zero attached hydrogens (tertiary/aromatic N) is 2. The summed E-state index contributed by atoms with van der Waals surface area (Å²) in [5.41, 5.74) is 5.73. The second-order valence-electron chi connectivity index (χ2n) is 8.58. The van der Waals surface area contributed by atoms with Gasteiger partial charge in [-0.2, -0.15) is 5.10 Å². The summed E-state index contributed by atoms with van der Waals surface area (Å²) in [6.45, 7) is 4.14. The summed E-state index contributed by atoms with van der Waals surface area (Å²) in [6, 6.07) is 15.6. The fraction of sp³-hybridized carbons (Fsp3) is 0.308.